The normalized spacial score (nSPS) is 15.7. The lowest BCUT2D eigenvalue weighted by molar-refractivity contribution is 0.346. The lowest BCUT2D eigenvalue weighted by atomic mass is 10.1. The van der Waals surface area contributed by atoms with Crippen molar-refractivity contribution in [1.29, 1.82) is 0 Å². The third-order valence-corrected chi connectivity index (χ3v) is 7.22. The van der Waals surface area contributed by atoms with Crippen LogP contribution in [0.2, 0.25) is 0 Å². The first kappa shape index (κ1) is 22.2. The van der Waals surface area contributed by atoms with Gasteiger partial charge in [-0.25, -0.2) is 12.8 Å². The van der Waals surface area contributed by atoms with Crippen molar-refractivity contribution in [2.45, 2.75) is 37.1 Å². The van der Waals surface area contributed by atoms with E-state index >= 15 is 0 Å². The summed E-state index contributed by atoms with van der Waals surface area (Å²) in [7, 11) is -1.87. The van der Waals surface area contributed by atoms with Crippen molar-refractivity contribution in [3.63, 3.8) is 0 Å². The van der Waals surface area contributed by atoms with Crippen LogP contribution in [0.4, 0.5) is 4.39 Å². The van der Waals surface area contributed by atoms with Gasteiger partial charge in [0.15, 0.2) is 5.96 Å². The zero-order valence-corrected chi connectivity index (χ0v) is 18.1. The number of nitrogens with zero attached hydrogens (tertiary/aromatic N) is 2. The highest BCUT2D eigenvalue weighted by Crippen LogP contribution is 2.23. The monoisotopic (exact) mass is 432 g/mol. The van der Waals surface area contributed by atoms with Crippen LogP contribution in [0.1, 0.15) is 30.4 Å². The van der Waals surface area contributed by atoms with E-state index in [9.17, 15) is 12.8 Å². The summed E-state index contributed by atoms with van der Waals surface area (Å²) in [5, 5.41) is 6.31. The lowest BCUT2D eigenvalue weighted by Gasteiger charge is -2.27. The zero-order chi connectivity index (χ0) is 21.4. The summed E-state index contributed by atoms with van der Waals surface area (Å²) < 4.78 is 41.5. The number of nitrogens with one attached hydrogen (secondary N) is 2. The SMILES string of the molecule is CN=C(NCCc1ccccc1F)NCc1ccccc1S(=O)(=O)N1CCCCC1. The maximum Gasteiger partial charge on any atom is 0.243 e. The van der Waals surface area contributed by atoms with Crippen molar-refractivity contribution < 1.29 is 12.8 Å². The van der Waals surface area contributed by atoms with E-state index < -0.39 is 10.0 Å². The van der Waals surface area contributed by atoms with Gasteiger partial charge >= 0.3 is 0 Å². The van der Waals surface area contributed by atoms with E-state index in [2.05, 4.69) is 15.6 Å². The number of aliphatic imine (C=N–C) groups is 1. The van der Waals surface area contributed by atoms with E-state index in [1.807, 2.05) is 18.2 Å². The fourth-order valence-corrected chi connectivity index (χ4v) is 5.30. The molecule has 2 aromatic carbocycles. The number of benzene rings is 2. The van der Waals surface area contributed by atoms with E-state index in [0.29, 0.717) is 54.6 Å². The standard InChI is InChI=1S/C22H29FN4O2S/c1-24-22(25-14-13-18-9-3-5-11-20(18)23)26-17-19-10-4-6-12-21(19)30(28,29)27-15-7-2-8-16-27/h3-6,9-12H,2,7-8,13-17H2,1H3,(H2,24,25,26). The predicted octanol–water partition coefficient (Wildman–Crippen LogP) is 2.91. The fraction of sp³-hybridized carbons (Fsp3) is 0.409. The summed E-state index contributed by atoms with van der Waals surface area (Å²) in [5.41, 5.74) is 1.33. The number of piperidine rings is 1. The Balaban J connectivity index is 1.61. The van der Waals surface area contributed by atoms with Gasteiger partial charge in [0.1, 0.15) is 5.82 Å². The van der Waals surface area contributed by atoms with Crippen LogP contribution in [0.3, 0.4) is 0 Å². The minimum atomic E-state index is -3.51. The van der Waals surface area contributed by atoms with Gasteiger partial charge in [-0.05, 0) is 42.5 Å². The molecule has 2 aromatic rings. The second-order valence-corrected chi connectivity index (χ2v) is 9.17. The van der Waals surface area contributed by atoms with Gasteiger partial charge in [0.25, 0.3) is 0 Å². The van der Waals surface area contributed by atoms with Crippen LogP contribution in [0.5, 0.6) is 0 Å². The first-order valence-corrected chi connectivity index (χ1v) is 11.7. The number of rotatable bonds is 7. The summed E-state index contributed by atoms with van der Waals surface area (Å²) in [6.07, 6.45) is 3.40. The molecule has 0 saturated carbocycles. The summed E-state index contributed by atoms with van der Waals surface area (Å²) in [4.78, 5) is 4.51. The van der Waals surface area contributed by atoms with Gasteiger partial charge in [-0.2, -0.15) is 4.31 Å². The number of hydrogen-bond acceptors (Lipinski definition) is 3. The Morgan fingerprint density at radius 1 is 1.00 bits per heavy atom. The molecule has 30 heavy (non-hydrogen) atoms. The third kappa shape index (κ3) is 5.58. The number of sulfonamides is 1. The summed E-state index contributed by atoms with van der Waals surface area (Å²) in [6.45, 7) is 1.98. The number of hydrogen-bond donors (Lipinski definition) is 2. The molecule has 0 aromatic heterocycles. The molecule has 162 valence electrons. The molecular formula is C22H29FN4O2S. The van der Waals surface area contributed by atoms with Gasteiger partial charge in [-0.3, -0.25) is 4.99 Å². The molecular weight excluding hydrogens is 403 g/mol. The topological polar surface area (TPSA) is 73.8 Å². The highest BCUT2D eigenvalue weighted by Gasteiger charge is 2.27. The fourth-order valence-electron chi connectivity index (χ4n) is 3.56. The molecule has 1 aliphatic heterocycles. The van der Waals surface area contributed by atoms with E-state index in [1.165, 1.54) is 6.07 Å². The average molecular weight is 433 g/mol. The van der Waals surface area contributed by atoms with E-state index in [-0.39, 0.29) is 5.82 Å². The lowest BCUT2D eigenvalue weighted by Crippen LogP contribution is -2.39. The molecule has 3 rings (SSSR count). The van der Waals surface area contributed by atoms with Crippen LogP contribution >= 0.6 is 0 Å². The van der Waals surface area contributed by atoms with E-state index in [0.717, 1.165) is 19.3 Å². The molecule has 6 nitrogen and oxygen atoms in total. The Kier molecular flexibility index (Phi) is 7.81. The quantitative estimate of drug-likeness (QED) is 0.521. The minimum absolute atomic E-state index is 0.223. The Labute approximate surface area is 178 Å². The molecule has 1 aliphatic rings. The maximum atomic E-state index is 13.7. The molecule has 2 N–H and O–H groups in total. The second kappa shape index (κ2) is 10.5. The van der Waals surface area contributed by atoms with E-state index in [4.69, 9.17) is 0 Å². The molecule has 0 aliphatic carbocycles. The second-order valence-electron chi connectivity index (χ2n) is 7.27. The Bertz CT molecular complexity index is 973. The van der Waals surface area contributed by atoms with E-state index in [1.54, 1.807) is 35.6 Å². The smallest absolute Gasteiger partial charge is 0.243 e. The van der Waals surface area contributed by atoms with Crippen molar-refractivity contribution in [3.8, 4) is 0 Å². The Hall–Kier alpha value is -2.45. The summed E-state index contributed by atoms with van der Waals surface area (Å²) >= 11 is 0. The third-order valence-electron chi connectivity index (χ3n) is 5.22. The van der Waals surface area contributed by atoms with Crippen LogP contribution in [0, 0.1) is 5.82 Å². The maximum absolute atomic E-state index is 13.7. The number of guanidine groups is 1. The van der Waals surface area contributed by atoms with Crippen LogP contribution in [0.25, 0.3) is 0 Å². The molecule has 0 radical (unpaired) electrons. The first-order chi connectivity index (χ1) is 14.5. The molecule has 1 heterocycles. The highest BCUT2D eigenvalue weighted by molar-refractivity contribution is 7.89. The Morgan fingerprint density at radius 3 is 2.37 bits per heavy atom. The molecule has 0 spiro atoms. The zero-order valence-electron chi connectivity index (χ0n) is 17.3. The molecule has 0 unspecified atom stereocenters. The highest BCUT2D eigenvalue weighted by atomic mass is 32.2. The van der Waals surface area contributed by atoms with Crippen molar-refractivity contribution in [2.75, 3.05) is 26.7 Å². The van der Waals surface area contributed by atoms with Crippen LogP contribution < -0.4 is 10.6 Å². The van der Waals surface area contributed by atoms with Crippen molar-refractivity contribution >= 4 is 16.0 Å². The summed E-state index contributed by atoms with van der Waals surface area (Å²) in [6, 6.07) is 13.7. The van der Waals surface area contributed by atoms with Gasteiger partial charge in [0.2, 0.25) is 10.0 Å². The molecule has 1 saturated heterocycles. The van der Waals surface area contributed by atoms with Crippen LogP contribution in [-0.4, -0.2) is 45.4 Å². The summed E-state index contributed by atoms with van der Waals surface area (Å²) in [5.74, 6) is 0.315. The average Bonchev–Trinajstić information content (AvgIpc) is 2.78. The first-order valence-electron chi connectivity index (χ1n) is 10.3. The molecule has 0 bridgehead atoms. The van der Waals surface area contributed by atoms with Crippen LogP contribution in [0.15, 0.2) is 58.4 Å². The van der Waals surface area contributed by atoms with Gasteiger partial charge in [0.05, 0.1) is 4.90 Å². The molecule has 0 amide bonds. The largest absolute Gasteiger partial charge is 0.356 e. The van der Waals surface area contributed by atoms with Crippen molar-refractivity contribution in [2.24, 2.45) is 4.99 Å². The van der Waals surface area contributed by atoms with Gasteiger partial charge in [0, 0.05) is 33.2 Å². The van der Waals surface area contributed by atoms with Crippen LogP contribution in [-0.2, 0) is 23.0 Å². The van der Waals surface area contributed by atoms with Crippen molar-refractivity contribution in [1.82, 2.24) is 14.9 Å². The van der Waals surface area contributed by atoms with Gasteiger partial charge < -0.3 is 10.6 Å². The Morgan fingerprint density at radius 2 is 1.67 bits per heavy atom. The molecule has 8 heteroatoms. The molecule has 1 fully saturated rings. The number of halogens is 1. The van der Waals surface area contributed by atoms with Crippen molar-refractivity contribution in [3.05, 3.63) is 65.5 Å². The van der Waals surface area contributed by atoms with Gasteiger partial charge in [-0.15, -0.1) is 0 Å². The minimum Gasteiger partial charge on any atom is -0.356 e. The predicted molar refractivity (Wildman–Crippen MR) is 117 cm³/mol. The molecule has 0 atom stereocenters. The van der Waals surface area contributed by atoms with Gasteiger partial charge in [-0.1, -0.05) is 42.8 Å².